The molecule has 0 amide bonds. The molecule has 5 aliphatic carbocycles. The van der Waals surface area contributed by atoms with E-state index >= 15 is 0 Å². The van der Waals surface area contributed by atoms with Gasteiger partial charge in [-0.25, -0.2) is 0 Å². The van der Waals surface area contributed by atoms with Gasteiger partial charge in [0.05, 0.1) is 17.4 Å². The van der Waals surface area contributed by atoms with E-state index in [2.05, 4.69) is 220 Å². The summed E-state index contributed by atoms with van der Waals surface area (Å²) in [4.78, 5) is 5.69. The lowest BCUT2D eigenvalue weighted by atomic mass is 9.34. The summed E-state index contributed by atoms with van der Waals surface area (Å²) < 4.78 is 7.97. The van der Waals surface area contributed by atoms with Crippen molar-refractivity contribution < 1.29 is 4.42 Å². The first-order chi connectivity index (χ1) is 34.3. The van der Waals surface area contributed by atoms with Crippen LogP contribution in [0.5, 0.6) is 0 Å². The Labute approximate surface area is 448 Å². The third-order valence-corrected chi connectivity index (χ3v) is 21.2. The molecule has 3 heterocycles. The molecule has 1 atom stereocenters. The number of anilines is 5. The monoisotopic (exact) mass is 985 g/mol. The van der Waals surface area contributed by atoms with E-state index in [0.29, 0.717) is 0 Å². The molecule has 0 spiro atoms. The molecular formula is C70H89BN2O. The normalized spacial score (nSPS) is 24.6. The maximum absolute atomic E-state index is 7.97. The van der Waals surface area contributed by atoms with E-state index in [4.69, 9.17) is 4.42 Å². The zero-order valence-corrected chi connectivity index (χ0v) is 49.3. The minimum Gasteiger partial charge on any atom is -0.472 e. The van der Waals surface area contributed by atoms with E-state index < -0.39 is 0 Å². The van der Waals surface area contributed by atoms with Gasteiger partial charge in [-0.2, -0.15) is 0 Å². The van der Waals surface area contributed by atoms with Crippen molar-refractivity contribution in [2.45, 2.75) is 233 Å². The van der Waals surface area contributed by atoms with Crippen LogP contribution in [0.1, 0.15) is 234 Å². The number of benzene rings is 4. The average Bonchev–Trinajstić information content (AvgIpc) is 3.75. The molecule has 388 valence electrons. The fourth-order valence-corrected chi connectivity index (χ4v) is 15.7. The SMILES string of the molecule is CC1(C)CCC(C)(C)C2=C1C=C(c1ccccc1)C(N1c3cc4c(cc3B3c5oc6c(c5N(c5ccc7c(c5)C(C)(C)CCC7(C)C)c5cc(C(C)(C)C)cc1c53)C(C)(C)CCC6(C)C)C(C)(C)CCC4(C)C)C2. The molecule has 74 heavy (non-hydrogen) atoms. The molecule has 3 nitrogen and oxygen atoms in total. The first-order valence-electron chi connectivity index (χ1n) is 29.1. The summed E-state index contributed by atoms with van der Waals surface area (Å²) in [6.45, 7) is 47.3. The highest BCUT2D eigenvalue weighted by Crippen LogP contribution is 2.60. The number of furan rings is 1. The van der Waals surface area contributed by atoms with Crippen LogP contribution in [0.2, 0.25) is 0 Å². The Bertz CT molecular complexity index is 3260. The Hall–Kier alpha value is -4.70. The van der Waals surface area contributed by atoms with Crippen molar-refractivity contribution in [3.63, 3.8) is 0 Å². The van der Waals surface area contributed by atoms with Gasteiger partial charge in [0.25, 0.3) is 6.71 Å². The van der Waals surface area contributed by atoms with Gasteiger partial charge >= 0.3 is 0 Å². The summed E-state index contributed by atoms with van der Waals surface area (Å²) in [5.41, 5.74) is 25.5. The molecule has 0 saturated carbocycles. The van der Waals surface area contributed by atoms with E-state index in [-0.39, 0.29) is 61.5 Å². The molecule has 0 bridgehead atoms. The highest BCUT2D eigenvalue weighted by atomic mass is 16.3. The second-order valence-corrected chi connectivity index (χ2v) is 31.2. The molecule has 1 aromatic heterocycles. The van der Waals surface area contributed by atoms with Crippen molar-refractivity contribution in [1.29, 1.82) is 0 Å². The number of rotatable bonds is 3. The molecule has 0 fully saturated rings. The number of allylic oxidation sites excluding steroid dienone is 2. The van der Waals surface area contributed by atoms with E-state index in [1.54, 1.807) is 11.1 Å². The Balaban J connectivity index is 1.24. The first-order valence-corrected chi connectivity index (χ1v) is 29.1. The summed E-state index contributed by atoms with van der Waals surface area (Å²) >= 11 is 0. The third kappa shape index (κ3) is 7.23. The second-order valence-electron chi connectivity index (χ2n) is 31.2. The fraction of sp³-hybridized carbons (Fsp3) is 0.543. The maximum atomic E-state index is 7.97. The van der Waals surface area contributed by atoms with Gasteiger partial charge in [-0.1, -0.05) is 186 Å². The average molecular weight is 985 g/mol. The van der Waals surface area contributed by atoms with Crippen molar-refractivity contribution in [2.24, 2.45) is 10.8 Å². The Morgan fingerprint density at radius 2 is 1.07 bits per heavy atom. The summed E-state index contributed by atoms with van der Waals surface area (Å²) in [7, 11) is 0. The Morgan fingerprint density at radius 1 is 0.527 bits per heavy atom. The number of nitrogens with zero attached hydrogens (tertiary/aromatic N) is 2. The standard InChI is InChI=1S/C70H89BN2O/c1-62(2,3)43-35-55-58-56(36-43)73(53-40-50-48(65(8,9)29-31-67(50,12)13)38-45(53)42-23-21-20-22-24-42)54-41-51-49(66(10,11)30-32-68(51,14)15)39-52(54)71(58)61-59(57-60(74-61)70(18,19)34-33-69(57,16)17)72(55)44-25-26-46-47(37-44)64(6,7)28-27-63(46,4)5/h20-26,35-39,41,53H,27-34,40H2,1-19H3. The zero-order valence-electron chi connectivity index (χ0n) is 49.3. The molecule has 2 aliphatic heterocycles. The minimum atomic E-state index is -0.129. The van der Waals surface area contributed by atoms with E-state index in [9.17, 15) is 0 Å². The summed E-state index contributed by atoms with van der Waals surface area (Å²) in [5, 5.41) is 0. The highest BCUT2D eigenvalue weighted by Gasteiger charge is 2.55. The fourth-order valence-electron chi connectivity index (χ4n) is 15.7. The van der Waals surface area contributed by atoms with E-state index in [1.807, 2.05) is 0 Å². The van der Waals surface area contributed by atoms with E-state index in [0.717, 1.165) is 24.9 Å². The second kappa shape index (κ2) is 15.5. The van der Waals surface area contributed by atoms with Gasteiger partial charge in [0.2, 0.25) is 0 Å². The zero-order chi connectivity index (χ0) is 53.0. The van der Waals surface area contributed by atoms with Crippen LogP contribution in [0.4, 0.5) is 28.4 Å². The molecule has 0 N–H and O–H groups in total. The van der Waals surface area contributed by atoms with Gasteiger partial charge in [-0.05, 0) is 187 Å². The van der Waals surface area contributed by atoms with Crippen LogP contribution >= 0.6 is 0 Å². The van der Waals surface area contributed by atoms with Crippen LogP contribution in [0.15, 0.2) is 94.4 Å². The summed E-state index contributed by atoms with van der Waals surface area (Å²) in [6.07, 6.45) is 13.0. The smallest absolute Gasteiger partial charge is 0.297 e. The highest BCUT2D eigenvalue weighted by molar-refractivity contribution is 6.99. The van der Waals surface area contributed by atoms with Gasteiger partial charge in [-0.15, -0.1) is 0 Å². The largest absolute Gasteiger partial charge is 0.472 e. The predicted octanol–water partition coefficient (Wildman–Crippen LogP) is 17.4. The predicted molar refractivity (Wildman–Crippen MR) is 318 cm³/mol. The maximum Gasteiger partial charge on any atom is 0.297 e. The van der Waals surface area contributed by atoms with Gasteiger partial charge in [0.1, 0.15) is 5.76 Å². The van der Waals surface area contributed by atoms with Crippen LogP contribution in [0, 0.1) is 10.8 Å². The number of fused-ring (bicyclic) bond motifs is 8. The third-order valence-electron chi connectivity index (χ3n) is 21.2. The molecule has 7 aliphatic rings. The Morgan fingerprint density at radius 3 is 1.70 bits per heavy atom. The molecule has 4 aromatic carbocycles. The molecule has 5 aromatic rings. The molecule has 0 saturated heterocycles. The molecular weight excluding hydrogens is 896 g/mol. The van der Waals surface area contributed by atoms with Crippen molar-refractivity contribution >= 4 is 57.3 Å². The van der Waals surface area contributed by atoms with Crippen LogP contribution in [0.3, 0.4) is 0 Å². The molecule has 1 unspecified atom stereocenters. The van der Waals surface area contributed by atoms with E-state index in [1.165, 1.54) is 128 Å². The quantitative estimate of drug-likeness (QED) is 0.165. The minimum absolute atomic E-state index is 0.0287. The van der Waals surface area contributed by atoms with Crippen molar-refractivity contribution in [3.8, 4) is 0 Å². The number of hydrogen-bond donors (Lipinski definition) is 0. The summed E-state index contributed by atoms with van der Waals surface area (Å²) in [6, 6.07) is 30.0. The summed E-state index contributed by atoms with van der Waals surface area (Å²) in [5.74, 6) is 1.19. The van der Waals surface area contributed by atoms with Gasteiger partial charge in [0.15, 0.2) is 0 Å². The number of hydrogen-bond acceptors (Lipinski definition) is 3. The van der Waals surface area contributed by atoms with Crippen LogP contribution < -0.4 is 26.4 Å². The Kier molecular flexibility index (Phi) is 10.5. The van der Waals surface area contributed by atoms with Gasteiger partial charge in [-0.3, -0.25) is 0 Å². The molecule has 12 rings (SSSR count). The van der Waals surface area contributed by atoms with Crippen LogP contribution in [0.25, 0.3) is 5.57 Å². The van der Waals surface area contributed by atoms with Crippen LogP contribution in [-0.2, 0) is 37.9 Å². The van der Waals surface area contributed by atoms with Crippen molar-refractivity contribution in [2.75, 3.05) is 9.80 Å². The molecule has 0 radical (unpaired) electrons. The topological polar surface area (TPSA) is 19.6 Å². The lowest BCUT2D eigenvalue weighted by Crippen LogP contribution is -2.63. The molecule has 4 heteroatoms. The van der Waals surface area contributed by atoms with Crippen molar-refractivity contribution in [1.82, 2.24) is 0 Å². The lowest BCUT2D eigenvalue weighted by Gasteiger charge is -2.52. The van der Waals surface area contributed by atoms with Gasteiger partial charge < -0.3 is 14.2 Å². The first kappa shape index (κ1) is 50.1. The lowest BCUT2D eigenvalue weighted by molar-refractivity contribution is 0.257. The van der Waals surface area contributed by atoms with Gasteiger partial charge in [0, 0.05) is 33.7 Å². The van der Waals surface area contributed by atoms with Crippen molar-refractivity contribution in [3.05, 3.63) is 135 Å². The van der Waals surface area contributed by atoms with Crippen LogP contribution in [-0.4, -0.2) is 12.8 Å².